The fourth-order valence-corrected chi connectivity index (χ4v) is 16.7. The van der Waals surface area contributed by atoms with Crippen LogP contribution in [-0.4, -0.2) is 180 Å². The molecule has 9 amide bonds. The standard InChI is InChI=1S/C76H99N13O16S2/c1-7-75(47-80-50(5)56(41-77)54-25-26-61(84-66(54)70(96)97)88-32-29-52-15-13-16-55(57(52)42-88)67(93)86-72-83-58-17-10-11-19-60(58)106-72)44-74(6)39-49(4)40-76(45-74,46-75)105-37-36-103-35-33-87(34-38-107(100,101)102)73(99)104-43-51-21-23-53(24-22-51)81-68(94)59(18-14-30-79-71(78)98)82-69(95)65(48(2)3)85-62(90)20-9-8-12-31-89-63(91)27-28-64(89)92/h10-11,13,15-17,19,21-28,41,48-49,59,65H,7-9,12,14,18,20,29-40,42-47,77H2,1-6H3,(H,81,94)(H,82,95)(H,85,90)(H,96,97)(H3,78,79,98)(H,83,86,93)(H,100,101,102)/t49?,59-,65?,74?,75?,76?/m0/s1. The minimum Gasteiger partial charge on any atom is -0.476 e. The van der Waals surface area contributed by atoms with Gasteiger partial charge < -0.3 is 61.9 Å². The highest BCUT2D eigenvalue weighted by atomic mass is 32.2. The molecule has 2 aliphatic heterocycles. The summed E-state index contributed by atoms with van der Waals surface area (Å²) >= 11 is 1.39. The van der Waals surface area contributed by atoms with Crippen LogP contribution in [-0.2, 0) is 67.9 Å². The zero-order valence-electron chi connectivity index (χ0n) is 61.5. The molecule has 2 fully saturated rings. The lowest BCUT2D eigenvalue weighted by atomic mass is 9.50. The monoisotopic (exact) mass is 1510 g/mol. The zero-order chi connectivity index (χ0) is 77.2. The van der Waals surface area contributed by atoms with Crippen molar-refractivity contribution in [1.29, 1.82) is 0 Å². The number of aliphatic imine (C=N–C) groups is 1. The average molecular weight is 1510 g/mol. The molecule has 4 aliphatic rings. The molecule has 2 saturated carbocycles. The summed E-state index contributed by atoms with van der Waals surface area (Å²) in [6, 6.07) is 20.2. The Morgan fingerprint density at radius 3 is 2.32 bits per heavy atom. The number of carbonyl (C=O) groups excluding carboxylic acids is 8. The third-order valence-corrected chi connectivity index (χ3v) is 21.8. The number of rotatable bonds is 37. The smallest absolute Gasteiger partial charge is 0.410 e. The Hall–Kier alpha value is -9.69. The summed E-state index contributed by atoms with van der Waals surface area (Å²) in [6.07, 6.45) is 10.4. The van der Waals surface area contributed by atoms with Crippen molar-refractivity contribution in [3.05, 3.63) is 131 Å². The van der Waals surface area contributed by atoms with Crippen LogP contribution in [0, 0.1) is 22.7 Å². The minimum absolute atomic E-state index is 0.0312. The van der Waals surface area contributed by atoms with E-state index in [0.29, 0.717) is 102 Å². The number of urea groups is 1. The number of imide groups is 1. The second-order valence-corrected chi connectivity index (χ2v) is 31.6. The van der Waals surface area contributed by atoms with Gasteiger partial charge in [0, 0.05) is 98.7 Å². The Kier molecular flexibility index (Phi) is 27.9. The summed E-state index contributed by atoms with van der Waals surface area (Å²) in [7, 11) is -4.49. The second-order valence-electron chi connectivity index (χ2n) is 29.0. The van der Waals surface area contributed by atoms with Crippen molar-refractivity contribution in [3.8, 4) is 0 Å². The maximum atomic E-state index is 13.8. The summed E-state index contributed by atoms with van der Waals surface area (Å²) in [5.74, 6) is -4.26. The molecule has 29 nitrogen and oxygen atoms in total. The van der Waals surface area contributed by atoms with E-state index in [1.165, 1.54) is 29.7 Å². The van der Waals surface area contributed by atoms with Crippen LogP contribution in [0.25, 0.3) is 15.8 Å². The highest BCUT2D eigenvalue weighted by Crippen LogP contribution is 2.61. The number of ether oxygens (including phenoxy) is 3. The molecule has 107 heavy (non-hydrogen) atoms. The number of nitrogens with zero attached hydrogens (tertiary/aromatic N) is 6. The van der Waals surface area contributed by atoms with Crippen LogP contribution in [0.15, 0.2) is 102 Å². The molecule has 2 bridgehead atoms. The second kappa shape index (κ2) is 36.7. The molecule has 2 aliphatic carbocycles. The van der Waals surface area contributed by atoms with Crippen molar-refractivity contribution in [2.24, 2.45) is 39.1 Å². The highest BCUT2D eigenvalue weighted by molar-refractivity contribution is 7.85. The lowest BCUT2D eigenvalue weighted by Gasteiger charge is -2.59. The molecule has 576 valence electrons. The molecule has 6 atom stereocenters. The van der Waals surface area contributed by atoms with Crippen LogP contribution < -0.4 is 43.0 Å². The first-order valence-corrected chi connectivity index (χ1v) is 38.8. The van der Waals surface area contributed by atoms with Gasteiger partial charge in [0.2, 0.25) is 17.7 Å². The molecule has 9 rings (SSSR count). The topological polar surface area (TPSA) is 416 Å². The maximum absolute atomic E-state index is 13.8. The minimum atomic E-state index is -4.49. The largest absolute Gasteiger partial charge is 0.476 e. The van der Waals surface area contributed by atoms with E-state index >= 15 is 0 Å². The predicted octanol–water partition coefficient (Wildman–Crippen LogP) is 8.78. The number of allylic oxidation sites excluding steroid dienone is 1. The molecule has 31 heteroatoms. The Morgan fingerprint density at radius 1 is 0.860 bits per heavy atom. The van der Waals surface area contributed by atoms with Gasteiger partial charge in [0.05, 0.1) is 41.4 Å². The van der Waals surface area contributed by atoms with Crippen LogP contribution in [0.3, 0.4) is 0 Å². The van der Waals surface area contributed by atoms with Crippen molar-refractivity contribution in [2.45, 2.75) is 156 Å². The van der Waals surface area contributed by atoms with E-state index in [9.17, 15) is 61.2 Å². The number of unbranched alkanes of at least 4 members (excludes halogenated alkanes) is 2. The number of carboxylic acids is 1. The van der Waals surface area contributed by atoms with Crippen LogP contribution >= 0.6 is 11.3 Å². The molecule has 0 spiro atoms. The summed E-state index contributed by atoms with van der Waals surface area (Å²) in [5.41, 5.74) is 15.7. The number of thiazole rings is 1. The Balaban J connectivity index is 0.762. The van der Waals surface area contributed by atoms with Crippen molar-refractivity contribution >= 4 is 113 Å². The number of benzene rings is 3. The number of hydrogen-bond donors (Lipinski definition) is 9. The normalized spacial score (nSPS) is 19.9. The van der Waals surface area contributed by atoms with Crippen LogP contribution in [0.2, 0.25) is 0 Å². The number of aromatic carboxylic acids is 1. The molecule has 0 radical (unpaired) electrons. The lowest BCUT2D eigenvalue weighted by molar-refractivity contribution is -0.182. The van der Waals surface area contributed by atoms with Gasteiger partial charge in [-0.15, -0.1) is 0 Å². The molecule has 4 heterocycles. The molecule has 2 aromatic heterocycles. The number of carbonyl (C=O) groups is 9. The quantitative estimate of drug-likeness (QED) is 0.00776. The van der Waals surface area contributed by atoms with Crippen molar-refractivity contribution < 1.29 is 75.4 Å². The predicted molar refractivity (Wildman–Crippen MR) is 406 cm³/mol. The number of primary amides is 1. The van der Waals surface area contributed by atoms with Crippen LogP contribution in [0.5, 0.6) is 0 Å². The summed E-state index contributed by atoms with van der Waals surface area (Å²) < 4.78 is 53.0. The number of nitrogens with two attached hydrogens (primary N) is 2. The SMILES string of the molecule is CCC1(CN=C(C)C(=CN)c2ccc(N3CCc4cccc(C(=O)Nc5nc6ccccc6s5)c4C3)nc2C(=O)O)CC2(C)CC(C)CC(OCCOCCN(CCS(=O)(=O)O)C(=O)OCc3ccc(NC(=O)[C@H](CCCNC(N)=O)NC(=O)C(NC(=O)CCCCCN4C(=O)C=CC4=O)C(C)C)cc3)(C2)C1. The fourth-order valence-electron chi connectivity index (χ4n) is 15.4. The Bertz CT molecular complexity index is 4250. The first-order valence-electron chi connectivity index (χ1n) is 36.3. The molecule has 5 unspecified atom stereocenters. The van der Waals surface area contributed by atoms with Gasteiger partial charge in [0.25, 0.3) is 27.8 Å². The zero-order valence-corrected chi connectivity index (χ0v) is 63.1. The van der Waals surface area contributed by atoms with Gasteiger partial charge in [-0.1, -0.05) is 88.8 Å². The van der Waals surface area contributed by atoms with Gasteiger partial charge in [-0.05, 0) is 159 Å². The van der Waals surface area contributed by atoms with Gasteiger partial charge >= 0.3 is 18.1 Å². The van der Waals surface area contributed by atoms with Gasteiger partial charge in [0.15, 0.2) is 10.8 Å². The van der Waals surface area contributed by atoms with Gasteiger partial charge in [-0.2, -0.15) is 8.42 Å². The number of fused-ring (bicyclic) bond motifs is 4. The number of aromatic nitrogens is 2. The number of para-hydroxylation sites is 1. The van der Waals surface area contributed by atoms with E-state index in [1.807, 2.05) is 48.2 Å². The molecular weight excluding hydrogens is 1420 g/mol. The van der Waals surface area contributed by atoms with Crippen molar-refractivity contribution in [2.75, 3.05) is 80.4 Å². The van der Waals surface area contributed by atoms with E-state index < -0.39 is 75.9 Å². The number of hydrogen-bond acceptors (Lipinski definition) is 20. The molecule has 0 saturated heterocycles. The summed E-state index contributed by atoms with van der Waals surface area (Å²) in [5, 5.41) is 24.9. The van der Waals surface area contributed by atoms with E-state index in [2.05, 4.69) is 52.3 Å². The third-order valence-electron chi connectivity index (χ3n) is 20.2. The first kappa shape index (κ1) is 81.4. The summed E-state index contributed by atoms with van der Waals surface area (Å²) in [4.78, 5) is 135. The number of anilines is 3. The summed E-state index contributed by atoms with van der Waals surface area (Å²) in [6.45, 7) is 13.2. The van der Waals surface area contributed by atoms with Gasteiger partial charge in [0.1, 0.15) is 24.5 Å². The van der Waals surface area contributed by atoms with Gasteiger partial charge in [-0.3, -0.25) is 48.5 Å². The van der Waals surface area contributed by atoms with Crippen molar-refractivity contribution in [1.82, 2.24) is 35.7 Å². The third kappa shape index (κ3) is 22.5. The Labute approximate surface area is 627 Å². The van der Waals surface area contributed by atoms with E-state index in [-0.39, 0.29) is 105 Å². The van der Waals surface area contributed by atoms with E-state index in [4.69, 9.17) is 35.7 Å². The number of carboxylic acid groups (broad SMARTS) is 1. The van der Waals surface area contributed by atoms with Crippen LogP contribution in [0.1, 0.15) is 162 Å². The molecular formula is C76H99N13O16S2. The number of pyridine rings is 1. The molecule has 3 aromatic carbocycles. The van der Waals surface area contributed by atoms with Crippen LogP contribution in [0.4, 0.5) is 26.2 Å². The van der Waals surface area contributed by atoms with Gasteiger partial charge in [-0.25, -0.2) is 24.4 Å². The number of nitrogens with one attached hydrogen (secondary N) is 5. The maximum Gasteiger partial charge on any atom is 0.410 e. The van der Waals surface area contributed by atoms with E-state index in [0.717, 1.165) is 63.2 Å². The Morgan fingerprint density at radius 2 is 1.62 bits per heavy atom. The average Bonchev–Trinajstić information content (AvgIpc) is 1.72. The highest BCUT2D eigenvalue weighted by Gasteiger charge is 2.56. The fraction of sp³-hybridized carbons (Fsp3) is 0.500. The number of amides is 9. The first-order chi connectivity index (χ1) is 51.0. The molecule has 5 aromatic rings. The molecule has 11 N–H and O–H groups in total. The lowest BCUT2D eigenvalue weighted by Crippen LogP contribution is -2.55. The van der Waals surface area contributed by atoms with Crippen molar-refractivity contribution in [3.63, 3.8) is 0 Å². The van der Waals surface area contributed by atoms with E-state index in [1.54, 1.807) is 56.3 Å².